The molecule has 0 aromatic carbocycles. The van der Waals surface area contributed by atoms with Gasteiger partial charge in [0.15, 0.2) is 5.69 Å². The van der Waals surface area contributed by atoms with Crippen LogP contribution in [0.2, 0.25) is 0 Å². The third-order valence-corrected chi connectivity index (χ3v) is 3.32. The van der Waals surface area contributed by atoms with Crippen LogP contribution in [-0.4, -0.2) is 54.2 Å². The van der Waals surface area contributed by atoms with Crippen molar-refractivity contribution in [2.24, 2.45) is 0 Å². The molecular formula is C12H19N5O. The zero-order chi connectivity index (χ0) is 13.0. The molecule has 1 atom stereocenters. The number of carbonyl (C=O) groups is 1. The van der Waals surface area contributed by atoms with Crippen molar-refractivity contribution < 1.29 is 4.79 Å². The Balaban J connectivity index is 1.87. The number of hydrogen-bond acceptors (Lipinski definition) is 5. The summed E-state index contributed by atoms with van der Waals surface area (Å²) in [7, 11) is 3.85. The SMILES string of the molecule is CNc1ccc(C(=O)NCC2CCCN2C)nn1. The monoisotopic (exact) mass is 249 g/mol. The van der Waals surface area contributed by atoms with Gasteiger partial charge in [-0.15, -0.1) is 10.2 Å². The van der Waals surface area contributed by atoms with E-state index in [0.717, 1.165) is 13.0 Å². The maximum atomic E-state index is 11.9. The zero-order valence-corrected chi connectivity index (χ0v) is 10.8. The molecule has 1 aromatic rings. The second kappa shape index (κ2) is 5.77. The third kappa shape index (κ3) is 2.95. The lowest BCUT2D eigenvalue weighted by molar-refractivity contribution is 0.0937. The first-order chi connectivity index (χ1) is 8.70. The van der Waals surface area contributed by atoms with E-state index in [-0.39, 0.29) is 5.91 Å². The molecule has 1 saturated heterocycles. The van der Waals surface area contributed by atoms with E-state index >= 15 is 0 Å². The van der Waals surface area contributed by atoms with Crippen molar-refractivity contribution in [1.29, 1.82) is 0 Å². The summed E-state index contributed by atoms with van der Waals surface area (Å²) in [6.07, 6.45) is 2.34. The Morgan fingerprint density at radius 2 is 2.33 bits per heavy atom. The molecule has 0 saturated carbocycles. The molecule has 98 valence electrons. The fourth-order valence-electron chi connectivity index (χ4n) is 2.12. The average molecular weight is 249 g/mol. The summed E-state index contributed by atoms with van der Waals surface area (Å²) in [6.45, 7) is 1.78. The number of carbonyl (C=O) groups excluding carboxylic acids is 1. The number of nitrogens with zero attached hydrogens (tertiary/aromatic N) is 3. The van der Waals surface area contributed by atoms with Gasteiger partial charge in [0.25, 0.3) is 5.91 Å². The smallest absolute Gasteiger partial charge is 0.271 e. The number of likely N-dealkylation sites (N-methyl/N-ethyl adjacent to an activating group) is 1. The van der Waals surface area contributed by atoms with Gasteiger partial charge in [-0.2, -0.15) is 0 Å². The molecule has 2 N–H and O–H groups in total. The maximum Gasteiger partial charge on any atom is 0.271 e. The van der Waals surface area contributed by atoms with Gasteiger partial charge >= 0.3 is 0 Å². The minimum absolute atomic E-state index is 0.162. The standard InChI is InChI=1S/C12H19N5O/c1-13-11-6-5-10(15-16-11)12(18)14-8-9-4-3-7-17(9)2/h5-6,9H,3-4,7-8H2,1-2H3,(H,13,16)(H,14,18). The number of aromatic nitrogens is 2. The highest BCUT2D eigenvalue weighted by molar-refractivity contribution is 5.92. The van der Waals surface area contributed by atoms with Gasteiger partial charge in [-0.3, -0.25) is 4.79 Å². The van der Waals surface area contributed by atoms with Gasteiger partial charge in [0, 0.05) is 19.6 Å². The summed E-state index contributed by atoms with van der Waals surface area (Å²) in [5.41, 5.74) is 0.356. The van der Waals surface area contributed by atoms with Crippen molar-refractivity contribution in [2.45, 2.75) is 18.9 Å². The van der Waals surface area contributed by atoms with Crippen LogP contribution in [0.15, 0.2) is 12.1 Å². The molecule has 0 radical (unpaired) electrons. The van der Waals surface area contributed by atoms with E-state index in [1.54, 1.807) is 19.2 Å². The van der Waals surface area contributed by atoms with Crippen molar-refractivity contribution in [1.82, 2.24) is 20.4 Å². The van der Waals surface area contributed by atoms with Crippen LogP contribution in [0.25, 0.3) is 0 Å². The largest absolute Gasteiger partial charge is 0.372 e. The number of likely N-dealkylation sites (tertiary alicyclic amines) is 1. The highest BCUT2D eigenvalue weighted by Gasteiger charge is 2.21. The Kier molecular flexibility index (Phi) is 4.09. The molecule has 6 nitrogen and oxygen atoms in total. The molecule has 1 aliphatic heterocycles. The third-order valence-electron chi connectivity index (χ3n) is 3.32. The Labute approximate surface area is 107 Å². The van der Waals surface area contributed by atoms with Crippen LogP contribution < -0.4 is 10.6 Å². The average Bonchev–Trinajstić information content (AvgIpc) is 2.81. The Morgan fingerprint density at radius 3 is 2.89 bits per heavy atom. The summed E-state index contributed by atoms with van der Waals surface area (Å²) in [4.78, 5) is 14.1. The van der Waals surface area contributed by atoms with Gasteiger partial charge in [0.05, 0.1) is 0 Å². The molecule has 6 heteroatoms. The molecule has 1 amide bonds. The fourth-order valence-corrected chi connectivity index (χ4v) is 2.12. The quantitative estimate of drug-likeness (QED) is 0.805. The molecule has 1 aromatic heterocycles. The Bertz CT molecular complexity index is 405. The normalized spacial score (nSPS) is 19.8. The summed E-state index contributed by atoms with van der Waals surface area (Å²) < 4.78 is 0. The first-order valence-electron chi connectivity index (χ1n) is 6.20. The second-order valence-electron chi connectivity index (χ2n) is 4.54. The van der Waals surface area contributed by atoms with Crippen LogP contribution in [0.4, 0.5) is 5.82 Å². The summed E-state index contributed by atoms with van der Waals surface area (Å²) >= 11 is 0. The van der Waals surface area contributed by atoms with Crippen LogP contribution in [0.5, 0.6) is 0 Å². The van der Waals surface area contributed by atoms with Gasteiger partial charge in [0.1, 0.15) is 5.82 Å². The summed E-state index contributed by atoms with van der Waals surface area (Å²) in [5.74, 6) is 0.493. The number of hydrogen-bond donors (Lipinski definition) is 2. The Morgan fingerprint density at radius 1 is 1.50 bits per heavy atom. The number of nitrogens with one attached hydrogen (secondary N) is 2. The zero-order valence-electron chi connectivity index (χ0n) is 10.8. The van der Waals surface area contributed by atoms with Crippen molar-refractivity contribution >= 4 is 11.7 Å². The van der Waals surface area contributed by atoms with Gasteiger partial charge in [-0.05, 0) is 38.6 Å². The molecule has 2 heterocycles. The molecule has 18 heavy (non-hydrogen) atoms. The highest BCUT2D eigenvalue weighted by Crippen LogP contribution is 2.13. The van der Waals surface area contributed by atoms with Crippen LogP contribution in [0.3, 0.4) is 0 Å². The highest BCUT2D eigenvalue weighted by atomic mass is 16.1. The van der Waals surface area contributed by atoms with Gasteiger partial charge in [-0.25, -0.2) is 0 Å². The maximum absolute atomic E-state index is 11.9. The number of rotatable bonds is 4. The van der Waals surface area contributed by atoms with Gasteiger partial charge in [0.2, 0.25) is 0 Å². The van der Waals surface area contributed by atoms with E-state index in [9.17, 15) is 4.79 Å². The van der Waals surface area contributed by atoms with Crippen molar-refractivity contribution in [2.75, 3.05) is 32.5 Å². The summed E-state index contributed by atoms with van der Waals surface area (Å²) in [6, 6.07) is 3.86. The molecule has 0 bridgehead atoms. The van der Waals surface area contributed by atoms with Crippen LogP contribution in [-0.2, 0) is 0 Å². The molecular weight excluding hydrogens is 230 g/mol. The van der Waals surface area contributed by atoms with Crippen molar-refractivity contribution in [3.05, 3.63) is 17.8 Å². The molecule has 1 fully saturated rings. The lowest BCUT2D eigenvalue weighted by atomic mass is 10.2. The summed E-state index contributed by atoms with van der Waals surface area (Å²) in [5, 5.41) is 13.5. The predicted molar refractivity (Wildman–Crippen MR) is 69.6 cm³/mol. The fraction of sp³-hybridized carbons (Fsp3) is 0.583. The lowest BCUT2D eigenvalue weighted by Crippen LogP contribution is -2.38. The van der Waals surface area contributed by atoms with E-state index in [1.807, 2.05) is 0 Å². The second-order valence-corrected chi connectivity index (χ2v) is 4.54. The van der Waals surface area contributed by atoms with Gasteiger partial charge in [-0.1, -0.05) is 0 Å². The van der Waals surface area contributed by atoms with Gasteiger partial charge < -0.3 is 15.5 Å². The minimum Gasteiger partial charge on any atom is -0.372 e. The topological polar surface area (TPSA) is 70.2 Å². The first-order valence-corrected chi connectivity index (χ1v) is 6.20. The number of anilines is 1. The molecule has 1 aliphatic rings. The molecule has 2 rings (SSSR count). The van der Waals surface area contributed by atoms with E-state index in [0.29, 0.717) is 24.1 Å². The molecule has 1 unspecified atom stereocenters. The van der Waals surface area contributed by atoms with E-state index in [2.05, 4.69) is 32.8 Å². The Hall–Kier alpha value is -1.69. The predicted octanol–water partition coefficient (Wildman–Crippen LogP) is 0.342. The van der Waals surface area contributed by atoms with Crippen molar-refractivity contribution in [3.8, 4) is 0 Å². The van der Waals surface area contributed by atoms with Crippen LogP contribution in [0, 0.1) is 0 Å². The number of amides is 1. The molecule has 0 aliphatic carbocycles. The van der Waals surface area contributed by atoms with Crippen molar-refractivity contribution in [3.63, 3.8) is 0 Å². The first kappa shape index (κ1) is 12.8. The lowest BCUT2D eigenvalue weighted by Gasteiger charge is -2.19. The van der Waals surface area contributed by atoms with E-state index in [4.69, 9.17) is 0 Å². The van der Waals surface area contributed by atoms with Crippen LogP contribution in [0.1, 0.15) is 23.3 Å². The molecule has 0 spiro atoms. The minimum atomic E-state index is -0.162. The van der Waals surface area contributed by atoms with E-state index < -0.39 is 0 Å². The van der Waals surface area contributed by atoms with E-state index in [1.165, 1.54) is 6.42 Å². The van der Waals surface area contributed by atoms with Crippen LogP contribution >= 0.6 is 0 Å².